The van der Waals surface area contributed by atoms with Crippen LogP contribution in [0, 0.1) is 5.82 Å². The summed E-state index contributed by atoms with van der Waals surface area (Å²) in [5.74, 6) is -0.688. The van der Waals surface area contributed by atoms with Crippen molar-refractivity contribution < 1.29 is 13.9 Å². The lowest BCUT2D eigenvalue weighted by molar-refractivity contribution is -0.127. The van der Waals surface area contributed by atoms with E-state index in [1.54, 1.807) is 19.2 Å². The van der Waals surface area contributed by atoms with E-state index in [0.717, 1.165) is 11.8 Å². The van der Waals surface area contributed by atoms with Crippen LogP contribution in [0.15, 0.2) is 41.6 Å². The highest BCUT2D eigenvalue weighted by Crippen LogP contribution is 2.25. The number of nitrogens with one attached hydrogen (secondary N) is 2. The predicted octanol–water partition coefficient (Wildman–Crippen LogP) is 2.72. The first-order valence-corrected chi connectivity index (χ1v) is 6.52. The SMILES string of the molecule is CC(Oc1ccc(F)cc1Cl)C(=O)N/N=C/c1ccc[nH]1. The molecule has 21 heavy (non-hydrogen) atoms. The molecule has 0 aliphatic carbocycles. The Morgan fingerprint density at radius 3 is 3.00 bits per heavy atom. The van der Waals surface area contributed by atoms with Crippen LogP contribution in [0.4, 0.5) is 4.39 Å². The lowest BCUT2D eigenvalue weighted by Crippen LogP contribution is -2.33. The number of hydrazone groups is 1. The first-order chi connectivity index (χ1) is 10.1. The number of hydrogen-bond acceptors (Lipinski definition) is 3. The Labute approximate surface area is 125 Å². The number of nitrogens with zero attached hydrogens (tertiary/aromatic N) is 1. The number of aromatic amines is 1. The normalized spacial score (nSPS) is 12.3. The Morgan fingerprint density at radius 1 is 1.52 bits per heavy atom. The third kappa shape index (κ3) is 4.32. The van der Waals surface area contributed by atoms with Gasteiger partial charge in [-0.1, -0.05) is 11.6 Å². The maximum Gasteiger partial charge on any atom is 0.280 e. The highest BCUT2D eigenvalue weighted by atomic mass is 35.5. The van der Waals surface area contributed by atoms with Crippen molar-refractivity contribution in [3.8, 4) is 5.75 Å². The largest absolute Gasteiger partial charge is 0.479 e. The summed E-state index contributed by atoms with van der Waals surface area (Å²) in [4.78, 5) is 14.7. The number of carbonyl (C=O) groups excluding carboxylic acids is 1. The number of aromatic nitrogens is 1. The Kier molecular flexibility index (Phi) is 4.94. The first kappa shape index (κ1) is 15.1. The summed E-state index contributed by atoms with van der Waals surface area (Å²) in [6, 6.07) is 7.29. The van der Waals surface area contributed by atoms with Crippen LogP contribution in [-0.4, -0.2) is 23.2 Å². The lowest BCUT2D eigenvalue weighted by atomic mass is 10.3. The second kappa shape index (κ2) is 6.90. The molecule has 0 fully saturated rings. The molecule has 1 aromatic carbocycles. The average Bonchev–Trinajstić information content (AvgIpc) is 2.95. The van der Waals surface area contributed by atoms with Gasteiger partial charge in [-0.05, 0) is 37.3 Å². The molecule has 1 unspecified atom stereocenters. The van der Waals surface area contributed by atoms with E-state index in [1.807, 2.05) is 6.07 Å². The minimum absolute atomic E-state index is 0.101. The maximum absolute atomic E-state index is 12.9. The van der Waals surface area contributed by atoms with E-state index in [2.05, 4.69) is 15.5 Å². The van der Waals surface area contributed by atoms with Gasteiger partial charge in [0, 0.05) is 6.20 Å². The van der Waals surface area contributed by atoms with Gasteiger partial charge in [0.1, 0.15) is 11.6 Å². The monoisotopic (exact) mass is 309 g/mol. The molecule has 0 saturated carbocycles. The van der Waals surface area contributed by atoms with Crippen LogP contribution in [0.3, 0.4) is 0 Å². The number of carbonyl (C=O) groups is 1. The van der Waals surface area contributed by atoms with Crippen LogP contribution >= 0.6 is 11.6 Å². The van der Waals surface area contributed by atoms with Gasteiger partial charge in [-0.2, -0.15) is 5.10 Å². The Morgan fingerprint density at radius 2 is 2.33 bits per heavy atom. The van der Waals surface area contributed by atoms with Gasteiger partial charge in [-0.15, -0.1) is 0 Å². The topological polar surface area (TPSA) is 66.5 Å². The molecule has 2 aromatic rings. The van der Waals surface area contributed by atoms with Gasteiger partial charge in [0.05, 0.1) is 16.9 Å². The maximum atomic E-state index is 12.9. The summed E-state index contributed by atoms with van der Waals surface area (Å²) >= 11 is 5.82. The van der Waals surface area contributed by atoms with E-state index in [4.69, 9.17) is 16.3 Å². The predicted molar refractivity (Wildman–Crippen MR) is 78.0 cm³/mol. The molecule has 0 radical (unpaired) electrons. The van der Waals surface area contributed by atoms with Gasteiger partial charge < -0.3 is 9.72 Å². The van der Waals surface area contributed by atoms with Crippen molar-refractivity contribution in [2.24, 2.45) is 5.10 Å². The van der Waals surface area contributed by atoms with Crippen LogP contribution in [0.1, 0.15) is 12.6 Å². The summed E-state index contributed by atoms with van der Waals surface area (Å²) in [5.41, 5.74) is 3.10. The van der Waals surface area contributed by atoms with E-state index < -0.39 is 17.8 Å². The van der Waals surface area contributed by atoms with Gasteiger partial charge in [0.2, 0.25) is 0 Å². The van der Waals surface area contributed by atoms with Gasteiger partial charge in [-0.3, -0.25) is 4.79 Å². The molecule has 5 nitrogen and oxygen atoms in total. The van der Waals surface area contributed by atoms with Crippen LogP contribution in [0.25, 0.3) is 0 Å². The highest BCUT2D eigenvalue weighted by molar-refractivity contribution is 6.32. The highest BCUT2D eigenvalue weighted by Gasteiger charge is 2.15. The van der Waals surface area contributed by atoms with E-state index in [-0.39, 0.29) is 10.8 Å². The van der Waals surface area contributed by atoms with Crippen molar-refractivity contribution in [2.75, 3.05) is 0 Å². The summed E-state index contributed by atoms with van der Waals surface area (Å²) in [6.45, 7) is 1.54. The van der Waals surface area contributed by atoms with Crippen LogP contribution in [0.2, 0.25) is 5.02 Å². The molecule has 1 atom stereocenters. The molecule has 7 heteroatoms. The Balaban J connectivity index is 1.90. The fourth-order valence-electron chi connectivity index (χ4n) is 1.50. The first-order valence-electron chi connectivity index (χ1n) is 6.14. The average molecular weight is 310 g/mol. The summed E-state index contributed by atoms with van der Waals surface area (Å²) in [7, 11) is 0. The van der Waals surface area contributed by atoms with E-state index >= 15 is 0 Å². The van der Waals surface area contributed by atoms with E-state index in [0.29, 0.717) is 0 Å². The van der Waals surface area contributed by atoms with Crippen molar-refractivity contribution in [1.29, 1.82) is 0 Å². The lowest BCUT2D eigenvalue weighted by Gasteiger charge is -2.13. The molecule has 2 N–H and O–H groups in total. The van der Waals surface area contributed by atoms with Gasteiger partial charge in [0.25, 0.3) is 5.91 Å². The zero-order chi connectivity index (χ0) is 15.2. The molecule has 0 spiro atoms. The third-order valence-electron chi connectivity index (χ3n) is 2.57. The molecule has 0 bridgehead atoms. The standard InChI is InChI=1S/C14H13ClFN3O2/c1-9(21-13-5-4-10(16)7-12(13)15)14(20)19-18-8-11-3-2-6-17-11/h2-9,17H,1H3,(H,19,20)/b18-8+. The van der Waals surface area contributed by atoms with Crippen molar-refractivity contribution in [3.63, 3.8) is 0 Å². The van der Waals surface area contributed by atoms with Gasteiger partial charge in [-0.25, -0.2) is 9.82 Å². The molecule has 1 amide bonds. The second-order valence-electron chi connectivity index (χ2n) is 4.19. The van der Waals surface area contributed by atoms with E-state index in [1.165, 1.54) is 18.3 Å². The third-order valence-corrected chi connectivity index (χ3v) is 2.86. The zero-order valence-corrected chi connectivity index (χ0v) is 11.9. The smallest absolute Gasteiger partial charge is 0.280 e. The number of hydrogen-bond donors (Lipinski definition) is 2. The number of halogens is 2. The molecule has 1 heterocycles. The van der Waals surface area contributed by atoms with Gasteiger partial charge >= 0.3 is 0 Å². The quantitative estimate of drug-likeness (QED) is 0.659. The van der Waals surface area contributed by atoms with Crippen LogP contribution in [-0.2, 0) is 4.79 Å². The van der Waals surface area contributed by atoms with Crippen LogP contribution in [0.5, 0.6) is 5.75 Å². The molecular formula is C14H13ClFN3O2. The number of ether oxygens (including phenoxy) is 1. The van der Waals surface area contributed by atoms with Crippen molar-refractivity contribution in [3.05, 3.63) is 53.1 Å². The van der Waals surface area contributed by atoms with Crippen molar-refractivity contribution in [1.82, 2.24) is 10.4 Å². The van der Waals surface area contributed by atoms with Crippen molar-refractivity contribution in [2.45, 2.75) is 13.0 Å². The summed E-state index contributed by atoms with van der Waals surface area (Å²) in [6.07, 6.45) is 2.38. The summed E-state index contributed by atoms with van der Waals surface area (Å²) in [5, 5.41) is 3.89. The Bertz CT molecular complexity index is 644. The zero-order valence-electron chi connectivity index (χ0n) is 11.1. The van der Waals surface area contributed by atoms with E-state index in [9.17, 15) is 9.18 Å². The minimum atomic E-state index is -0.825. The molecule has 2 rings (SSSR count). The van der Waals surface area contributed by atoms with Crippen LogP contribution < -0.4 is 10.2 Å². The number of benzene rings is 1. The number of H-pyrrole nitrogens is 1. The molecule has 0 saturated heterocycles. The molecular weight excluding hydrogens is 297 g/mol. The molecule has 110 valence electrons. The fraction of sp³-hybridized carbons (Fsp3) is 0.143. The van der Waals surface area contributed by atoms with Gasteiger partial charge in [0.15, 0.2) is 6.10 Å². The molecule has 0 aliphatic rings. The Hall–Kier alpha value is -2.34. The molecule has 0 aliphatic heterocycles. The number of amides is 1. The fourth-order valence-corrected chi connectivity index (χ4v) is 1.71. The van der Waals surface area contributed by atoms with Crippen molar-refractivity contribution >= 4 is 23.7 Å². The number of rotatable bonds is 5. The molecule has 1 aromatic heterocycles. The second-order valence-corrected chi connectivity index (χ2v) is 4.60. The minimum Gasteiger partial charge on any atom is -0.479 e. The summed E-state index contributed by atoms with van der Waals surface area (Å²) < 4.78 is 18.3.